The van der Waals surface area contributed by atoms with Gasteiger partial charge in [0.1, 0.15) is 24.0 Å². The van der Waals surface area contributed by atoms with E-state index < -0.39 is 0 Å². The molecular formula is C31H29FNO+. The number of pyridine rings is 1. The highest BCUT2D eigenvalue weighted by molar-refractivity contribution is 6.10. The van der Waals surface area contributed by atoms with E-state index >= 15 is 4.39 Å². The van der Waals surface area contributed by atoms with Gasteiger partial charge in [-0.15, -0.1) is 0 Å². The van der Waals surface area contributed by atoms with Gasteiger partial charge in [0, 0.05) is 34.5 Å². The molecule has 0 spiro atoms. The Balaban J connectivity index is 1.48. The van der Waals surface area contributed by atoms with Crippen molar-refractivity contribution in [2.75, 3.05) is 0 Å². The first-order valence-corrected chi connectivity index (χ1v) is 12.3. The smallest absolute Gasteiger partial charge is 0.216 e. The maximum Gasteiger partial charge on any atom is 0.216 e. The van der Waals surface area contributed by atoms with Crippen LogP contribution >= 0.6 is 0 Å². The molecule has 6 rings (SSSR count). The Morgan fingerprint density at radius 3 is 2.44 bits per heavy atom. The zero-order valence-electron chi connectivity index (χ0n) is 19.8. The predicted molar refractivity (Wildman–Crippen MR) is 136 cm³/mol. The van der Waals surface area contributed by atoms with E-state index in [1.54, 1.807) is 6.07 Å². The second-order valence-electron chi connectivity index (χ2n) is 9.72. The van der Waals surface area contributed by atoms with Crippen molar-refractivity contribution in [3.05, 3.63) is 89.9 Å². The van der Waals surface area contributed by atoms with E-state index in [0.29, 0.717) is 17.1 Å². The van der Waals surface area contributed by atoms with E-state index in [0.717, 1.165) is 38.7 Å². The number of aryl methyl sites for hydroxylation is 2. The SMILES string of the molecule is Cc1ccc2c(oc3cc(F)c(-c4ccc(C5CCCCC5)cc4)cc32)c1-c1cccc[n+]1C. The van der Waals surface area contributed by atoms with Gasteiger partial charge in [-0.1, -0.05) is 55.7 Å². The van der Waals surface area contributed by atoms with Gasteiger partial charge in [0.05, 0.1) is 5.56 Å². The fourth-order valence-corrected chi connectivity index (χ4v) is 5.65. The molecule has 5 aromatic rings. The van der Waals surface area contributed by atoms with E-state index in [-0.39, 0.29) is 5.82 Å². The fraction of sp³-hybridized carbons (Fsp3) is 0.258. The number of hydrogen-bond acceptors (Lipinski definition) is 1. The Morgan fingerprint density at radius 1 is 0.882 bits per heavy atom. The van der Waals surface area contributed by atoms with Crippen LogP contribution in [0.25, 0.3) is 44.3 Å². The minimum absolute atomic E-state index is 0.250. The molecular weight excluding hydrogens is 421 g/mol. The quantitative estimate of drug-likeness (QED) is 0.253. The van der Waals surface area contributed by atoms with E-state index in [1.807, 2.05) is 31.4 Å². The number of nitrogens with zero attached hydrogens (tertiary/aromatic N) is 1. The summed E-state index contributed by atoms with van der Waals surface area (Å²) in [5.74, 6) is 0.398. The van der Waals surface area contributed by atoms with Gasteiger partial charge in [0.15, 0.2) is 6.20 Å². The predicted octanol–water partition coefficient (Wildman–Crippen LogP) is 8.24. The van der Waals surface area contributed by atoms with Gasteiger partial charge in [-0.05, 0) is 54.5 Å². The molecule has 1 aliphatic carbocycles. The summed E-state index contributed by atoms with van der Waals surface area (Å²) in [6.45, 7) is 2.09. The van der Waals surface area contributed by atoms with Gasteiger partial charge in [-0.2, -0.15) is 0 Å². The maximum absolute atomic E-state index is 15.3. The van der Waals surface area contributed by atoms with E-state index in [4.69, 9.17) is 4.42 Å². The van der Waals surface area contributed by atoms with Crippen LogP contribution in [0.15, 0.2) is 77.3 Å². The van der Waals surface area contributed by atoms with Crippen molar-refractivity contribution in [3.63, 3.8) is 0 Å². The minimum atomic E-state index is -0.250. The molecule has 1 aliphatic rings. The van der Waals surface area contributed by atoms with E-state index in [9.17, 15) is 0 Å². The van der Waals surface area contributed by atoms with Crippen molar-refractivity contribution in [1.29, 1.82) is 0 Å². The lowest BCUT2D eigenvalue weighted by molar-refractivity contribution is -0.660. The van der Waals surface area contributed by atoms with Gasteiger partial charge in [-0.3, -0.25) is 0 Å². The number of hydrogen-bond donors (Lipinski definition) is 0. The zero-order chi connectivity index (χ0) is 23.2. The molecule has 170 valence electrons. The highest BCUT2D eigenvalue weighted by Crippen LogP contribution is 2.40. The third-order valence-corrected chi connectivity index (χ3v) is 7.55. The fourth-order valence-electron chi connectivity index (χ4n) is 5.65. The summed E-state index contributed by atoms with van der Waals surface area (Å²) >= 11 is 0. The van der Waals surface area contributed by atoms with Crippen molar-refractivity contribution in [2.45, 2.75) is 44.9 Å². The normalized spacial score (nSPS) is 14.8. The Morgan fingerprint density at radius 2 is 1.68 bits per heavy atom. The Hall–Kier alpha value is -3.46. The van der Waals surface area contributed by atoms with Crippen LogP contribution in [0.2, 0.25) is 0 Å². The third-order valence-electron chi connectivity index (χ3n) is 7.55. The Kier molecular flexibility index (Phi) is 5.21. The number of benzene rings is 3. The van der Waals surface area contributed by atoms with Crippen molar-refractivity contribution < 1.29 is 13.4 Å². The van der Waals surface area contributed by atoms with E-state index in [1.165, 1.54) is 37.7 Å². The molecule has 0 amide bonds. The molecule has 0 saturated heterocycles. The molecule has 0 unspecified atom stereocenters. The molecule has 3 heteroatoms. The largest absolute Gasteiger partial charge is 0.455 e. The molecule has 0 aliphatic heterocycles. The summed E-state index contributed by atoms with van der Waals surface area (Å²) in [5.41, 5.74) is 7.57. The number of rotatable bonds is 3. The Bertz CT molecular complexity index is 1510. The highest BCUT2D eigenvalue weighted by atomic mass is 19.1. The number of aromatic nitrogens is 1. The first-order valence-electron chi connectivity index (χ1n) is 12.3. The van der Waals surface area contributed by atoms with Crippen LogP contribution in [0.5, 0.6) is 0 Å². The summed E-state index contributed by atoms with van der Waals surface area (Å²) < 4.78 is 23.7. The monoisotopic (exact) mass is 450 g/mol. The molecule has 1 fully saturated rings. The maximum atomic E-state index is 15.3. The number of furan rings is 1. The van der Waals surface area contributed by atoms with Gasteiger partial charge in [0.25, 0.3) is 0 Å². The second-order valence-corrected chi connectivity index (χ2v) is 9.72. The molecule has 3 aromatic carbocycles. The Labute approximate surface area is 199 Å². The third kappa shape index (κ3) is 3.51. The van der Waals surface area contributed by atoms with Crippen LogP contribution in [0.3, 0.4) is 0 Å². The highest BCUT2D eigenvalue weighted by Gasteiger charge is 2.21. The first-order chi connectivity index (χ1) is 16.6. The average Bonchev–Trinajstić information content (AvgIpc) is 3.22. The van der Waals surface area contributed by atoms with E-state index in [2.05, 4.69) is 54.0 Å². The standard InChI is InChI=1S/C31H29FNO/c1-20-11-16-24-26-18-25(23-14-12-22(13-15-23)21-8-4-3-5-9-21)27(32)19-29(26)34-31(24)30(20)28-10-6-7-17-33(28)2/h6-7,10-19,21H,3-5,8-9H2,1-2H3/q+1. The molecule has 0 bridgehead atoms. The van der Waals surface area contributed by atoms with Crippen LogP contribution in [0, 0.1) is 12.7 Å². The van der Waals surface area contributed by atoms with Crippen LogP contribution in [0.1, 0.15) is 49.1 Å². The second kappa shape index (κ2) is 8.39. The summed E-state index contributed by atoms with van der Waals surface area (Å²) in [5, 5.41) is 1.96. The lowest BCUT2D eigenvalue weighted by atomic mass is 9.83. The molecule has 2 nitrogen and oxygen atoms in total. The van der Waals surface area contributed by atoms with Crippen LogP contribution in [0.4, 0.5) is 4.39 Å². The number of halogens is 1. The van der Waals surface area contributed by atoms with Crippen molar-refractivity contribution in [2.24, 2.45) is 7.05 Å². The van der Waals surface area contributed by atoms with Crippen LogP contribution < -0.4 is 4.57 Å². The van der Waals surface area contributed by atoms with Crippen molar-refractivity contribution >= 4 is 21.9 Å². The van der Waals surface area contributed by atoms with Crippen LogP contribution in [-0.2, 0) is 7.05 Å². The van der Waals surface area contributed by atoms with Crippen molar-refractivity contribution in [3.8, 4) is 22.4 Å². The summed E-state index contributed by atoms with van der Waals surface area (Å²) in [4.78, 5) is 0. The molecule has 1 saturated carbocycles. The average molecular weight is 451 g/mol. The summed E-state index contributed by atoms with van der Waals surface area (Å²) in [6, 6.07) is 22.4. The molecule has 2 heterocycles. The summed E-state index contributed by atoms with van der Waals surface area (Å²) in [6.07, 6.45) is 8.54. The molecule has 2 aromatic heterocycles. The molecule has 0 N–H and O–H groups in total. The first kappa shape index (κ1) is 21.1. The summed E-state index contributed by atoms with van der Waals surface area (Å²) in [7, 11) is 2.03. The molecule has 0 atom stereocenters. The number of fused-ring (bicyclic) bond motifs is 3. The zero-order valence-corrected chi connectivity index (χ0v) is 19.8. The van der Waals surface area contributed by atoms with Crippen LogP contribution in [-0.4, -0.2) is 0 Å². The topological polar surface area (TPSA) is 17.0 Å². The lowest BCUT2D eigenvalue weighted by Gasteiger charge is -2.22. The van der Waals surface area contributed by atoms with Gasteiger partial charge in [-0.25, -0.2) is 8.96 Å². The molecule has 34 heavy (non-hydrogen) atoms. The van der Waals surface area contributed by atoms with Gasteiger partial charge >= 0.3 is 0 Å². The minimum Gasteiger partial charge on any atom is -0.455 e. The van der Waals surface area contributed by atoms with Crippen molar-refractivity contribution in [1.82, 2.24) is 0 Å². The molecule has 0 radical (unpaired) electrons. The lowest BCUT2D eigenvalue weighted by Crippen LogP contribution is -2.30. The van der Waals surface area contributed by atoms with Gasteiger partial charge < -0.3 is 4.42 Å². The van der Waals surface area contributed by atoms with Gasteiger partial charge in [0.2, 0.25) is 5.69 Å².